The summed E-state index contributed by atoms with van der Waals surface area (Å²) in [6.07, 6.45) is -1.06. The summed E-state index contributed by atoms with van der Waals surface area (Å²) in [5, 5.41) is 11.8. The van der Waals surface area contributed by atoms with E-state index in [2.05, 4.69) is 21.2 Å². The number of hydrogen-bond acceptors (Lipinski definition) is 3. The Bertz CT molecular complexity index is 1100. The highest BCUT2D eigenvalue weighted by Crippen LogP contribution is 2.44. The summed E-state index contributed by atoms with van der Waals surface area (Å²) >= 11 is 3.24. The molecule has 158 valence electrons. The topological polar surface area (TPSA) is 75.6 Å². The number of ether oxygens (including phenoxy) is 1. The average molecular weight is 484 g/mol. The Balaban J connectivity index is 1.45. The molecule has 3 aromatic carbocycles. The molecule has 0 aromatic heterocycles. The lowest BCUT2D eigenvalue weighted by molar-refractivity contribution is -0.139. The number of carboxylic acid groups (broad SMARTS) is 1. The lowest BCUT2D eigenvalue weighted by atomic mass is 9.98. The lowest BCUT2D eigenvalue weighted by Crippen LogP contribution is -2.43. The maximum atomic E-state index is 14.0. The van der Waals surface area contributed by atoms with E-state index in [-0.39, 0.29) is 24.5 Å². The normalized spacial score (nSPS) is 13.2. The summed E-state index contributed by atoms with van der Waals surface area (Å²) in [6.45, 7) is 0.0669. The molecule has 0 spiro atoms. The van der Waals surface area contributed by atoms with Gasteiger partial charge in [0.15, 0.2) is 0 Å². The van der Waals surface area contributed by atoms with Gasteiger partial charge in [-0.2, -0.15) is 0 Å². The monoisotopic (exact) mass is 483 g/mol. The van der Waals surface area contributed by atoms with E-state index in [1.54, 1.807) is 0 Å². The van der Waals surface area contributed by atoms with E-state index in [1.165, 1.54) is 18.2 Å². The summed E-state index contributed by atoms with van der Waals surface area (Å²) in [5.41, 5.74) is 4.49. The van der Waals surface area contributed by atoms with Crippen LogP contribution in [-0.2, 0) is 16.0 Å². The molecule has 1 atom stereocenters. The third-order valence-electron chi connectivity index (χ3n) is 5.37. The minimum absolute atomic E-state index is 0.0669. The first-order valence-corrected chi connectivity index (χ1v) is 10.5. The van der Waals surface area contributed by atoms with E-state index in [0.717, 1.165) is 22.3 Å². The quantitative estimate of drug-likeness (QED) is 0.509. The van der Waals surface area contributed by atoms with Crippen LogP contribution in [0.25, 0.3) is 11.1 Å². The molecular weight excluding hydrogens is 465 g/mol. The number of alkyl carbamates (subject to hydrolysis) is 1. The Hall–Kier alpha value is -3.19. The van der Waals surface area contributed by atoms with Gasteiger partial charge in [-0.25, -0.2) is 14.0 Å². The van der Waals surface area contributed by atoms with Crippen LogP contribution < -0.4 is 5.32 Å². The number of aliphatic carboxylic acids is 1. The molecule has 31 heavy (non-hydrogen) atoms. The van der Waals surface area contributed by atoms with Gasteiger partial charge in [-0.3, -0.25) is 0 Å². The summed E-state index contributed by atoms with van der Waals surface area (Å²) in [5.74, 6) is -1.94. The van der Waals surface area contributed by atoms with Gasteiger partial charge in [-0.1, -0.05) is 64.5 Å². The molecule has 5 nitrogen and oxygen atoms in total. The maximum Gasteiger partial charge on any atom is 0.407 e. The van der Waals surface area contributed by atoms with Crippen LogP contribution in [-0.4, -0.2) is 29.8 Å². The standard InChI is InChI=1S/C24H19BrFNO4/c25-15-9-10-21(26)14(11-15)12-22(23(28)29)27-24(30)31-13-20-18-7-3-1-5-16(18)17-6-2-4-8-19(17)20/h1-11,20,22H,12-13H2,(H,27,30)(H,28,29). The number of carbonyl (C=O) groups excluding carboxylic acids is 1. The fourth-order valence-electron chi connectivity index (χ4n) is 3.90. The number of nitrogens with one attached hydrogen (secondary N) is 1. The predicted octanol–water partition coefficient (Wildman–Crippen LogP) is 5.12. The van der Waals surface area contributed by atoms with Crippen molar-refractivity contribution in [1.29, 1.82) is 0 Å². The molecule has 1 aliphatic rings. The molecular formula is C24H19BrFNO4. The zero-order valence-electron chi connectivity index (χ0n) is 16.3. The zero-order valence-corrected chi connectivity index (χ0v) is 17.9. The Kier molecular flexibility index (Phi) is 6.04. The van der Waals surface area contributed by atoms with Gasteiger partial charge in [0.25, 0.3) is 0 Å². The Morgan fingerprint density at radius 2 is 1.65 bits per heavy atom. The van der Waals surface area contributed by atoms with E-state index < -0.39 is 23.9 Å². The van der Waals surface area contributed by atoms with Gasteiger partial charge in [0, 0.05) is 16.8 Å². The molecule has 4 rings (SSSR count). The second-order valence-corrected chi connectivity index (χ2v) is 8.22. The number of benzene rings is 3. The largest absolute Gasteiger partial charge is 0.480 e. The van der Waals surface area contributed by atoms with Crippen LogP contribution in [0.3, 0.4) is 0 Å². The summed E-state index contributed by atoms with van der Waals surface area (Å²) < 4.78 is 20.0. The van der Waals surface area contributed by atoms with Crippen LogP contribution >= 0.6 is 15.9 Å². The first kappa shape index (κ1) is 21.1. The van der Waals surface area contributed by atoms with Crippen LogP contribution in [0.15, 0.2) is 71.2 Å². The predicted molar refractivity (Wildman–Crippen MR) is 117 cm³/mol. The molecule has 1 aliphatic carbocycles. The molecule has 2 N–H and O–H groups in total. The molecule has 7 heteroatoms. The van der Waals surface area contributed by atoms with Gasteiger partial charge in [0.2, 0.25) is 0 Å². The van der Waals surface area contributed by atoms with Crippen LogP contribution in [0.1, 0.15) is 22.6 Å². The van der Waals surface area contributed by atoms with E-state index in [9.17, 15) is 19.1 Å². The number of carboxylic acids is 1. The van der Waals surface area contributed by atoms with Gasteiger partial charge in [0.05, 0.1) is 0 Å². The molecule has 0 saturated carbocycles. The molecule has 1 amide bonds. The van der Waals surface area contributed by atoms with Crippen molar-refractivity contribution >= 4 is 28.0 Å². The molecule has 0 fully saturated rings. The fraction of sp³-hybridized carbons (Fsp3) is 0.167. The average Bonchev–Trinajstić information content (AvgIpc) is 3.08. The minimum atomic E-state index is -1.32. The Morgan fingerprint density at radius 3 is 2.26 bits per heavy atom. The van der Waals surface area contributed by atoms with Gasteiger partial charge in [0.1, 0.15) is 18.5 Å². The number of amides is 1. The first-order chi connectivity index (χ1) is 14.9. The number of carbonyl (C=O) groups is 2. The van der Waals surface area contributed by atoms with Crippen molar-refractivity contribution in [3.8, 4) is 11.1 Å². The number of rotatable bonds is 6. The lowest BCUT2D eigenvalue weighted by Gasteiger charge is -2.18. The van der Waals surface area contributed by atoms with Crippen molar-refractivity contribution in [3.05, 3.63) is 93.7 Å². The molecule has 0 radical (unpaired) electrons. The van der Waals surface area contributed by atoms with Crippen molar-refractivity contribution < 1.29 is 23.8 Å². The number of fused-ring (bicyclic) bond motifs is 3. The van der Waals surface area contributed by atoms with Crippen LogP contribution in [0, 0.1) is 5.82 Å². The number of hydrogen-bond donors (Lipinski definition) is 2. The van der Waals surface area contributed by atoms with Crippen LogP contribution in [0.4, 0.5) is 9.18 Å². The van der Waals surface area contributed by atoms with E-state index in [1.807, 2.05) is 48.5 Å². The summed E-state index contributed by atoms with van der Waals surface area (Å²) in [4.78, 5) is 24.0. The maximum absolute atomic E-state index is 14.0. The van der Waals surface area contributed by atoms with Crippen molar-refractivity contribution in [2.24, 2.45) is 0 Å². The fourth-order valence-corrected chi connectivity index (χ4v) is 4.31. The third-order valence-corrected chi connectivity index (χ3v) is 5.86. The zero-order chi connectivity index (χ0) is 22.0. The van der Waals surface area contributed by atoms with Gasteiger partial charge < -0.3 is 15.2 Å². The van der Waals surface area contributed by atoms with E-state index >= 15 is 0 Å². The molecule has 0 aliphatic heterocycles. The molecule has 3 aromatic rings. The molecule has 0 saturated heterocycles. The summed E-state index contributed by atoms with van der Waals surface area (Å²) in [7, 11) is 0. The highest BCUT2D eigenvalue weighted by molar-refractivity contribution is 9.10. The van der Waals surface area contributed by atoms with E-state index in [4.69, 9.17) is 4.74 Å². The molecule has 0 bridgehead atoms. The molecule has 1 unspecified atom stereocenters. The minimum Gasteiger partial charge on any atom is -0.480 e. The second-order valence-electron chi connectivity index (χ2n) is 7.30. The van der Waals surface area contributed by atoms with Crippen molar-refractivity contribution in [1.82, 2.24) is 5.32 Å². The summed E-state index contributed by atoms with van der Waals surface area (Å²) in [6, 6.07) is 18.8. The smallest absolute Gasteiger partial charge is 0.407 e. The van der Waals surface area contributed by atoms with Crippen molar-refractivity contribution in [2.75, 3.05) is 6.61 Å². The van der Waals surface area contributed by atoms with Crippen LogP contribution in [0.5, 0.6) is 0 Å². The van der Waals surface area contributed by atoms with Crippen LogP contribution in [0.2, 0.25) is 0 Å². The van der Waals surface area contributed by atoms with Crippen molar-refractivity contribution in [3.63, 3.8) is 0 Å². The van der Waals surface area contributed by atoms with Crippen molar-refractivity contribution in [2.45, 2.75) is 18.4 Å². The van der Waals surface area contributed by atoms with E-state index in [0.29, 0.717) is 4.47 Å². The van der Waals surface area contributed by atoms with Gasteiger partial charge in [-0.15, -0.1) is 0 Å². The third kappa shape index (κ3) is 4.46. The van der Waals surface area contributed by atoms with Gasteiger partial charge in [-0.05, 0) is 46.0 Å². The highest BCUT2D eigenvalue weighted by atomic mass is 79.9. The first-order valence-electron chi connectivity index (χ1n) is 9.72. The highest BCUT2D eigenvalue weighted by Gasteiger charge is 2.30. The SMILES string of the molecule is O=C(NC(Cc1cc(Br)ccc1F)C(=O)O)OCC1c2ccccc2-c2ccccc21. The number of halogens is 2. The second kappa shape index (κ2) is 8.89. The van der Waals surface area contributed by atoms with Gasteiger partial charge >= 0.3 is 12.1 Å². The Morgan fingerprint density at radius 1 is 1.03 bits per heavy atom. The Labute approximate surface area is 187 Å². The molecule has 0 heterocycles.